The first-order valence-electron chi connectivity index (χ1n) is 5.27. The van der Waals surface area contributed by atoms with E-state index in [1.165, 1.54) is 4.90 Å². The van der Waals surface area contributed by atoms with Crippen molar-refractivity contribution in [1.82, 2.24) is 4.90 Å². The van der Waals surface area contributed by atoms with Crippen molar-refractivity contribution in [2.45, 2.75) is 19.0 Å². The van der Waals surface area contributed by atoms with Crippen LogP contribution in [0.5, 0.6) is 5.75 Å². The van der Waals surface area contributed by atoms with Crippen LogP contribution < -0.4 is 4.74 Å². The summed E-state index contributed by atoms with van der Waals surface area (Å²) in [4.78, 5) is 23.5. The highest BCUT2D eigenvalue weighted by Crippen LogP contribution is 2.23. The van der Waals surface area contributed by atoms with E-state index in [9.17, 15) is 9.59 Å². The number of nitrogens with zero attached hydrogens (tertiary/aromatic N) is 1. The van der Waals surface area contributed by atoms with Crippen molar-refractivity contribution in [3.63, 3.8) is 0 Å². The molecule has 1 fully saturated rings. The van der Waals surface area contributed by atoms with E-state index in [1.807, 2.05) is 12.1 Å². The van der Waals surface area contributed by atoms with Gasteiger partial charge in [-0.25, -0.2) is 4.79 Å². The lowest BCUT2D eigenvalue weighted by Crippen LogP contribution is -2.55. The van der Waals surface area contributed by atoms with Crippen LogP contribution in [-0.4, -0.2) is 35.0 Å². The smallest absolute Gasteiger partial charge is 0.326 e. The fraction of sp³-hybridized carbons (Fsp3) is 0.333. The lowest BCUT2D eigenvalue weighted by atomic mass is 10.0. The van der Waals surface area contributed by atoms with Gasteiger partial charge < -0.3 is 14.7 Å². The molecule has 1 N–H and O–H groups in total. The Morgan fingerprint density at radius 2 is 2.35 bits per heavy atom. The third-order valence-electron chi connectivity index (χ3n) is 2.84. The van der Waals surface area contributed by atoms with Gasteiger partial charge in [0, 0.05) is 6.54 Å². The molecule has 0 radical (unpaired) electrons. The van der Waals surface area contributed by atoms with Crippen LogP contribution in [0, 0.1) is 0 Å². The van der Waals surface area contributed by atoms with E-state index in [0.29, 0.717) is 12.3 Å². The van der Waals surface area contributed by atoms with E-state index < -0.39 is 12.0 Å². The number of methoxy groups -OCH3 is 1. The number of hydrogen-bond acceptors (Lipinski definition) is 3. The van der Waals surface area contributed by atoms with E-state index in [-0.39, 0.29) is 12.3 Å². The molecule has 1 aromatic rings. The van der Waals surface area contributed by atoms with Crippen LogP contribution in [0.1, 0.15) is 12.0 Å². The number of carboxylic acids is 1. The maximum Gasteiger partial charge on any atom is 0.326 e. The van der Waals surface area contributed by atoms with Gasteiger partial charge in [0.05, 0.1) is 13.5 Å². The van der Waals surface area contributed by atoms with Crippen LogP contribution in [0.15, 0.2) is 24.3 Å². The molecule has 1 amide bonds. The zero-order valence-corrected chi connectivity index (χ0v) is 9.42. The Bertz CT molecular complexity index is 458. The Kier molecular flexibility index (Phi) is 2.99. The molecule has 0 aromatic heterocycles. The Morgan fingerprint density at radius 3 is 2.94 bits per heavy atom. The predicted octanol–water partition coefficient (Wildman–Crippen LogP) is 0.881. The normalized spacial score (nSPS) is 18.8. The number of aliphatic carboxylic acids is 1. The summed E-state index contributed by atoms with van der Waals surface area (Å²) in [5.41, 5.74) is 0.864. The van der Waals surface area contributed by atoms with Gasteiger partial charge in [-0.1, -0.05) is 12.1 Å². The topological polar surface area (TPSA) is 66.8 Å². The lowest BCUT2D eigenvalue weighted by Gasteiger charge is -2.37. The highest BCUT2D eigenvalue weighted by molar-refractivity contribution is 5.94. The summed E-state index contributed by atoms with van der Waals surface area (Å²) in [6, 6.07) is 6.57. The second-order valence-electron chi connectivity index (χ2n) is 3.93. The van der Waals surface area contributed by atoms with E-state index in [0.717, 1.165) is 5.56 Å². The second-order valence-corrected chi connectivity index (χ2v) is 3.93. The Hall–Kier alpha value is -2.04. The molecule has 1 atom stereocenters. The van der Waals surface area contributed by atoms with E-state index in [4.69, 9.17) is 9.84 Å². The van der Waals surface area contributed by atoms with Crippen molar-refractivity contribution in [3.8, 4) is 5.75 Å². The minimum Gasteiger partial charge on any atom is -0.497 e. The quantitative estimate of drug-likeness (QED) is 0.787. The number of β-lactam (4-membered cyclic amide) rings is 1. The predicted molar refractivity (Wildman–Crippen MR) is 59.6 cm³/mol. The maximum atomic E-state index is 11.3. The molecule has 5 nitrogen and oxygen atoms in total. The standard InChI is InChI=1S/C12H13NO4/c1-17-9-4-2-3-8(5-9)7-13-10(12(15)16)6-11(13)14/h2-5,10H,6-7H2,1H3,(H,15,16)/t10-/m0/s1. The van der Waals surface area contributed by atoms with Crippen LogP contribution >= 0.6 is 0 Å². The summed E-state index contributed by atoms with van der Waals surface area (Å²) in [6.45, 7) is 0.312. The van der Waals surface area contributed by atoms with Gasteiger partial charge in [-0.3, -0.25) is 4.79 Å². The molecular formula is C12H13NO4. The first kappa shape index (κ1) is 11.4. The summed E-state index contributed by atoms with van der Waals surface area (Å²) in [5, 5.41) is 8.88. The van der Waals surface area contributed by atoms with Crippen molar-refractivity contribution in [3.05, 3.63) is 29.8 Å². The van der Waals surface area contributed by atoms with Gasteiger partial charge in [0.25, 0.3) is 0 Å². The lowest BCUT2D eigenvalue weighted by molar-refractivity contribution is -0.162. The molecule has 5 heteroatoms. The van der Waals surface area contributed by atoms with E-state index in [1.54, 1.807) is 19.2 Å². The first-order valence-corrected chi connectivity index (χ1v) is 5.27. The molecule has 1 aliphatic rings. The van der Waals surface area contributed by atoms with Gasteiger partial charge in [-0.15, -0.1) is 0 Å². The summed E-state index contributed by atoms with van der Waals surface area (Å²) in [5.74, 6) is -0.380. The van der Waals surface area contributed by atoms with Crippen molar-refractivity contribution >= 4 is 11.9 Å². The maximum absolute atomic E-state index is 11.3. The fourth-order valence-electron chi connectivity index (χ4n) is 1.84. The molecule has 0 spiro atoms. The Labute approximate surface area is 98.6 Å². The van der Waals surface area contributed by atoms with Crippen LogP contribution in [0.4, 0.5) is 0 Å². The number of carboxylic acid groups (broad SMARTS) is 1. The molecule has 1 aliphatic heterocycles. The highest BCUT2D eigenvalue weighted by Gasteiger charge is 2.40. The summed E-state index contributed by atoms with van der Waals surface area (Å²) in [6.07, 6.45) is 0.0965. The zero-order valence-electron chi connectivity index (χ0n) is 9.42. The average Bonchev–Trinajstić information content (AvgIpc) is 2.33. The number of rotatable bonds is 4. The van der Waals surface area contributed by atoms with Crippen LogP contribution in [0.2, 0.25) is 0 Å². The summed E-state index contributed by atoms with van der Waals surface area (Å²) in [7, 11) is 1.56. The van der Waals surface area contributed by atoms with Crippen LogP contribution in [0.3, 0.4) is 0 Å². The van der Waals surface area contributed by atoms with Crippen molar-refractivity contribution in [1.29, 1.82) is 0 Å². The van der Waals surface area contributed by atoms with Crippen LogP contribution in [0.25, 0.3) is 0 Å². The molecular weight excluding hydrogens is 222 g/mol. The number of benzene rings is 1. The molecule has 0 unspecified atom stereocenters. The molecule has 0 bridgehead atoms. The van der Waals surface area contributed by atoms with Crippen molar-refractivity contribution in [2.24, 2.45) is 0 Å². The Balaban J connectivity index is 2.09. The van der Waals surface area contributed by atoms with Gasteiger partial charge in [0.1, 0.15) is 11.8 Å². The molecule has 1 heterocycles. The number of amides is 1. The SMILES string of the molecule is COc1cccc(CN2C(=O)C[C@H]2C(=O)O)c1. The van der Waals surface area contributed by atoms with Gasteiger partial charge in [-0.05, 0) is 17.7 Å². The number of carbonyl (C=O) groups is 2. The minimum atomic E-state index is -0.951. The number of ether oxygens (including phenoxy) is 1. The van der Waals surface area contributed by atoms with Crippen LogP contribution in [-0.2, 0) is 16.1 Å². The molecule has 1 aromatic carbocycles. The molecule has 90 valence electrons. The number of carbonyl (C=O) groups excluding carboxylic acids is 1. The molecule has 1 saturated heterocycles. The monoisotopic (exact) mass is 235 g/mol. The van der Waals surface area contributed by atoms with Gasteiger partial charge in [0.15, 0.2) is 0 Å². The molecule has 0 saturated carbocycles. The van der Waals surface area contributed by atoms with Gasteiger partial charge in [0.2, 0.25) is 5.91 Å². The summed E-state index contributed by atoms with van der Waals surface area (Å²) < 4.78 is 5.07. The van der Waals surface area contributed by atoms with Gasteiger partial charge >= 0.3 is 5.97 Å². The Morgan fingerprint density at radius 1 is 1.59 bits per heavy atom. The van der Waals surface area contributed by atoms with E-state index >= 15 is 0 Å². The zero-order chi connectivity index (χ0) is 12.4. The number of hydrogen-bond donors (Lipinski definition) is 1. The highest BCUT2D eigenvalue weighted by atomic mass is 16.5. The number of likely N-dealkylation sites (tertiary alicyclic amines) is 1. The van der Waals surface area contributed by atoms with Crippen molar-refractivity contribution < 1.29 is 19.4 Å². The van der Waals surface area contributed by atoms with E-state index in [2.05, 4.69) is 0 Å². The minimum absolute atomic E-state index is 0.0965. The largest absolute Gasteiger partial charge is 0.497 e. The van der Waals surface area contributed by atoms with Crippen molar-refractivity contribution in [2.75, 3.05) is 7.11 Å². The average molecular weight is 235 g/mol. The second kappa shape index (κ2) is 4.45. The molecule has 17 heavy (non-hydrogen) atoms. The molecule has 0 aliphatic carbocycles. The summed E-state index contributed by atoms with van der Waals surface area (Å²) >= 11 is 0. The van der Waals surface area contributed by atoms with Gasteiger partial charge in [-0.2, -0.15) is 0 Å². The third kappa shape index (κ3) is 2.22. The first-order chi connectivity index (χ1) is 8.11. The fourth-order valence-corrected chi connectivity index (χ4v) is 1.84. The third-order valence-corrected chi connectivity index (χ3v) is 2.84. The molecule has 2 rings (SSSR count).